The first-order chi connectivity index (χ1) is 9.24. The largest absolute Gasteiger partial charge is 0.490 e. The molecule has 1 aromatic rings. The Morgan fingerprint density at radius 3 is 2.79 bits per heavy atom. The lowest BCUT2D eigenvalue weighted by atomic mass is 10.1. The summed E-state index contributed by atoms with van der Waals surface area (Å²) in [5.74, 6) is 0.764. The van der Waals surface area contributed by atoms with Gasteiger partial charge in [-0.3, -0.25) is 4.79 Å². The predicted octanol–water partition coefficient (Wildman–Crippen LogP) is 2.73. The summed E-state index contributed by atoms with van der Waals surface area (Å²) in [5, 5.41) is 2.84. The highest BCUT2D eigenvalue weighted by molar-refractivity contribution is 5.75. The van der Waals surface area contributed by atoms with Crippen LogP contribution in [-0.2, 0) is 4.79 Å². The van der Waals surface area contributed by atoms with Crippen LogP contribution in [0, 0.1) is 0 Å². The van der Waals surface area contributed by atoms with Gasteiger partial charge >= 0.3 is 0 Å². The summed E-state index contributed by atoms with van der Waals surface area (Å²) >= 11 is 0. The van der Waals surface area contributed by atoms with Gasteiger partial charge < -0.3 is 15.8 Å². The second kappa shape index (κ2) is 9.25. The third-order valence-electron chi connectivity index (χ3n) is 2.86. The zero-order chi connectivity index (χ0) is 13.9. The average molecular weight is 264 g/mol. The van der Waals surface area contributed by atoms with E-state index in [9.17, 15) is 4.79 Å². The molecular weight excluding hydrogens is 240 g/mol. The third-order valence-corrected chi connectivity index (χ3v) is 2.86. The van der Waals surface area contributed by atoms with E-state index in [-0.39, 0.29) is 5.91 Å². The molecule has 19 heavy (non-hydrogen) atoms. The summed E-state index contributed by atoms with van der Waals surface area (Å²) in [4.78, 5) is 11.5. The van der Waals surface area contributed by atoms with E-state index in [0.717, 1.165) is 12.8 Å². The molecule has 0 aromatic heterocycles. The number of rotatable bonds is 9. The number of unbranched alkanes of at least 4 members (excludes halogenated alkanes) is 3. The highest BCUT2D eigenvalue weighted by Crippen LogP contribution is 2.19. The van der Waals surface area contributed by atoms with Crippen molar-refractivity contribution in [2.75, 3.05) is 18.9 Å². The molecule has 0 aliphatic heterocycles. The molecule has 0 saturated carbocycles. The van der Waals surface area contributed by atoms with E-state index in [4.69, 9.17) is 10.5 Å². The Hall–Kier alpha value is -1.71. The standard InChI is InChI=1S/C15H24N2O2/c1-2-3-4-5-10-15(18)17-11-12-19-14-9-7-6-8-13(14)16/h6-9H,2-5,10-12,16H2,1H3,(H,17,18). The van der Waals surface area contributed by atoms with Crippen molar-refractivity contribution in [1.82, 2.24) is 5.32 Å². The second-order valence-electron chi connectivity index (χ2n) is 4.55. The van der Waals surface area contributed by atoms with Crippen LogP contribution in [0.3, 0.4) is 0 Å². The highest BCUT2D eigenvalue weighted by Gasteiger charge is 2.01. The van der Waals surface area contributed by atoms with Crippen molar-refractivity contribution >= 4 is 11.6 Å². The second-order valence-corrected chi connectivity index (χ2v) is 4.55. The summed E-state index contributed by atoms with van der Waals surface area (Å²) < 4.78 is 5.49. The van der Waals surface area contributed by atoms with Crippen molar-refractivity contribution in [2.45, 2.75) is 39.0 Å². The summed E-state index contributed by atoms with van der Waals surface area (Å²) in [7, 11) is 0. The highest BCUT2D eigenvalue weighted by atomic mass is 16.5. The molecule has 0 bridgehead atoms. The number of carbonyl (C=O) groups excluding carboxylic acids is 1. The van der Waals surface area contributed by atoms with Gasteiger partial charge in [0.05, 0.1) is 12.2 Å². The van der Waals surface area contributed by atoms with Gasteiger partial charge in [0.15, 0.2) is 0 Å². The van der Waals surface area contributed by atoms with Crippen LogP contribution in [0.5, 0.6) is 5.75 Å². The minimum atomic E-state index is 0.0979. The van der Waals surface area contributed by atoms with Gasteiger partial charge in [0, 0.05) is 6.42 Å². The number of para-hydroxylation sites is 2. The van der Waals surface area contributed by atoms with Crippen molar-refractivity contribution in [3.63, 3.8) is 0 Å². The van der Waals surface area contributed by atoms with Gasteiger partial charge in [-0.1, -0.05) is 38.3 Å². The van der Waals surface area contributed by atoms with Crippen LogP contribution in [0.25, 0.3) is 0 Å². The first kappa shape index (κ1) is 15.3. The number of hydrogen-bond donors (Lipinski definition) is 2. The Morgan fingerprint density at radius 2 is 2.05 bits per heavy atom. The lowest BCUT2D eigenvalue weighted by molar-refractivity contribution is -0.121. The van der Waals surface area contributed by atoms with Crippen molar-refractivity contribution < 1.29 is 9.53 Å². The molecule has 0 atom stereocenters. The van der Waals surface area contributed by atoms with E-state index in [1.165, 1.54) is 12.8 Å². The number of nitrogens with one attached hydrogen (secondary N) is 1. The van der Waals surface area contributed by atoms with Gasteiger partial charge in [-0.05, 0) is 18.6 Å². The Labute approximate surface area is 115 Å². The maximum absolute atomic E-state index is 11.5. The van der Waals surface area contributed by atoms with Crippen LogP contribution in [0.2, 0.25) is 0 Å². The fourth-order valence-corrected chi connectivity index (χ4v) is 1.76. The minimum absolute atomic E-state index is 0.0979. The van der Waals surface area contributed by atoms with E-state index in [1.807, 2.05) is 18.2 Å². The Bertz CT molecular complexity index is 380. The maximum Gasteiger partial charge on any atom is 0.220 e. The molecule has 4 nitrogen and oxygen atoms in total. The molecule has 1 rings (SSSR count). The van der Waals surface area contributed by atoms with E-state index in [0.29, 0.717) is 31.0 Å². The summed E-state index contributed by atoms with van der Waals surface area (Å²) in [6.07, 6.45) is 5.08. The van der Waals surface area contributed by atoms with Gasteiger partial charge in [0.2, 0.25) is 5.91 Å². The van der Waals surface area contributed by atoms with Crippen LogP contribution in [0.1, 0.15) is 39.0 Å². The quantitative estimate of drug-likeness (QED) is 0.532. The van der Waals surface area contributed by atoms with Crippen molar-refractivity contribution in [1.29, 1.82) is 0 Å². The Balaban J connectivity index is 2.07. The topological polar surface area (TPSA) is 64.3 Å². The molecule has 4 heteroatoms. The first-order valence-corrected chi connectivity index (χ1v) is 6.98. The van der Waals surface area contributed by atoms with Crippen molar-refractivity contribution in [2.24, 2.45) is 0 Å². The van der Waals surface area contributed by atoms with Crippen molar-refractivity contribution in [3.05, 3.63) is 24.3 Å². The lowest BCUT2D eigenvalue weighted by Crippen LogP contribution is -2.27. The molecule has 0 heterocycles. The van der Waals surface area contributed by atoms with Crippen molar-refractivity contribution in [3.8, 4) is 5.75 Å². The number of anilines is 1. The summed E-state index contributed by atoms with van der Waals surface area (Å²) in [6.45, 7) is 3.11. The van der Waals surface area contributed by atoms with Crippen LogP contribution < -0.4 is 15.8 Å². The molecule has 0 fully saturated rings. The zero-order valence-electron chi connectivity index (χ0n) is 11.7. The van der Waals surface area contributed by atoms with Crippen LogP contribution in [-0.4, -0.2) is 19.1 Å². The number of ether oxygens (including phenoxy) is 1. The predicted molar refractivity (Wildman–Crippen MR) is 78.1 cm³/mol. The Morgan fingerprint density at radius 1 is 1.26 bits per heavy atom. The number of carbonyl (C=O) groups is 1. The zero-order valence-corrected chi connectivity index (χ0v) is 11.7. The molecule has 3 N–H and O–H groups in total. The minimum Gasteiger partial charge on any atom is -0.490 e. The van der Waals surface area contributed by atoms with Gasteiger partial charge in [-0.15, -0.1) is 0 Å². The average Bonchev–Trinajstić information content (AvgIpc) is 2.41. The van der Waals surface area contributed by atoms with E-state index in [2.05, 4.69) is 12.2 Å². The van der Waals surface area contributed by atoms with E-state index < -0.39 is 0 Å². The number of hydrogen-bond acceptors (Lipinski definition) is 3. The Kier molecular flexibility index (Phi) is 7.47. The van der Waals surface area contributed by atoms with Gasteiger partial charge in [0.1, 0.15) is 12.4 Å². The monoisotopic (exact) mass is 264 g/mol. The van der Waals surface area contributed by atoms with Crippen LogP contribution in [0.15, 0.2) is 24.3 Å². The number of amides is 1. The maximum atomic E-state index is 11.5. The third kappa shape index (κ3) is 6.70. The van der Waals surface area contributed by atoms with Gasteiger partial charge in [0.25, 0.3) is 0 Å². The van der Waals surface area contributed by atoms with Crippen LogP contribution in [0.4, 0.5) is 5.69 Å². The molecule has 0 radical (unpaired) electrons. The summed E-state index contributed by atoms with van der Waals surface area (Å²) in [6, 6.07) is 7.35. The normalized spacial score (nSPS) is 10.2. The molecular formula is C15H24N2O2. The molecule has 0 saturated heterocycles. The SMILES string of the molecule is CCCCCCC(=O)NCCOc1ccccc1N. The van der Waals surface area contributed by atoms with Gasteiger partial charge in [-0.25, -0.2) is 0 Å². The number of nitrogens with two attached hydrogens (primary N) is 1. The van der Waals surface area contributed by atoms with E-state index >= 15 is 0 Å². The van der Waals surface area contributed by atoms with E-state index in [1.54, 1.807) is 6.07 Å². The molecule has 106 valence electrons. The number of benzene rings is 1. The van der Waals surface area contributed by atoms with Gasteiger partial charge in [-0.2, -0.15) is 0 Å². The lowest BCUT2D eigenvalue weighted by Gasteiger charge is -2.09. The molecule has 0 spiro atoms. The fourth-order valence-electron chi connectivity index (χ4n) is 1.76. The first-order valence-electron chi connectivity index (χ1n) is 6.98. The summed E-state index contributed by atoms with van der Waals surface area (Å²) in [5.41, 5.74) is 6.36. The molecule has 1 aromatic carbocycles. The number of nitrogen functional groups attached to an aromatic ring is 1. The molecule has 0 aliphatic carbocycles. The molecule has 1 amide bonds. The molecule has 0 unspecified atom stereocenters. The van der Waals surface area contributed by atoms with Crippen LogP contribution >= 0.6 is 0 Å². The smallest absolute Gasteiger partial charge is 0.220 e. The molecule has 0 aliphatic rings. The fraction of sp³-hybridized carbons (Fsp3) is 0.533.